The fourth-order valence-electron chi connectivity index (χ4n) is 1.74. The number of aromatic carboxylic acids is 1. The van der Waals surface area contributed by atoms with E-state index in [0.717, 1.165) is 30.8 Å². The SMILES string of the molecule is CCCCNc1cccc(C(=O)O)c1N(C)C. The van der Waals surface area contributed by atoms with Crippen molar-refractivity contribution in [3.63, 3.8) is 0 Å². The lowest BCUT2D eigenvalue weighted by Crippen LogP contribution is -2.17. The smallest absolute Gasteiger partial charge is 0.337 e. The maximum absolute atomic E-state index is 11.2. The summed E-state index contributed by atoms with van der Waals surface area (Å²) in [5.74, 6) is -0.896. The molecule has 1 aromatic carbocycles. The van der Waals surface area contributed by atoms with E-state index < -0.39 is 5.97 Å². The highest BCUT2D eigenvalue weighted by atomic mass is 16.4. The van der Waals surface area contributed by atoms with Gasteiger partial charge in [0.15, 0.2) is 0 Å². The summed E-state index contributed by atoms with van der Waals surface area (Å²) in [7, 11) is 3.71. The minimum absolute atomic E-state index is 0.330. The summed E-state index contributed by atoms with van der Waals surface area (Å²) in [5.41, 5.74) is 1.94. The van der Waals surface area contributed by atoms with Gasteiger partial charge >= 0.3 is 5.97 Å². The van der Waals surface area contributed by atoms with Gasteiger partial charge in [0.1, 0.15) is 0 Å². The highest BCUT2D eigenvalue weighted by molar-refractivity contribution is 5.98. The van der Waals surface area contributed by atoms with Crippen LogP contribution in [0.2, 0.25) is 0 Å². The van der Waals surface area contributed by atoms with Gasteiger partial charge in [-0.15, -0.1) is 0 Å². The quantitative estimate of drug-likeness (QED) is 0.746. The largest absolute Gasteiger partial charge is 0.478 e. The molecule has 0 saturated carbocycles. The Morgan fingerprint density at radius 3 is 2.65 bits per heavy atom. The van der Waals surface area contributed by atoms with Crippen molar-refractivity contribution in [2.75, 3.05) is 30.9 Å². The van der Waals surface area contributed by atoms with Gasteiger partial charge in [-0.2, -0.15) is 0 Å². The second-order valence-electron chi connectivity index (χ2n) is 4.18. The van der Waals surface area contributed by atoms with E-state index in [1.165, 1.54) is 0 Å². The number of hydrogen-bond acceptors (Lipinski definition) is 3. The number of para-hydroxylation sites is 1. The van der Waals surface area contributed by atoms with Gasteiger partial charge < -0.3 is 15.3 Å². The molecule has 0 saturated heterocycles. The molecule has 0 heterocycles. The zero-order valence-electron chi connectivity index (χ0n) is 10.7. The van der Waals surface area contributed by atoms with Crippen molar-refractivity contribution in [1.29, 1.82) is 0 Å². The standard InChI is InChI=1S/C13H20N2O2/c1-4-5-9-14-11-8-6-7-10(13(16)17)12(11)15(2)3/h6-8,14H,4-5,9H2,1-3H3,(H,16,17). The van der Waals surface area contributed by atoms with Crippen LogP contribution >= 0.6 is 0 Å². The molecular weight excluding hydrogens is 216 g/mol. The Balaban J connectivity index is 3.03. The van der Waals surface area contributed by atoms with E-state index in [9.17, 15) is 4.79 Å². The minimum atomic E-state index is -0.896. The van der Waals surface area contributed by atoms with Gasteiger partial charge in [-0.25, -0.2) is 4.79 Å². The van der Waals surface area contributed by atoms with Crippen LogP contribution in [0.1, 0.15) is 30.1 Å². The van der Waals surface area contributed by atoms with Crippen LogP contribution in [0.25, 0.3) is 0 Å². The Hall–Kier alpha value is -1.71. The van der Waals surface area contributed by atoms with Crippen LogP contribution in [0, 0.1) is 0 Å². The zero-order valence-corrected chi connectivity index (χ0v) is 10.7. The van der Waals surface area contributed by atoms with Crippen molar-refractivity contribution >= 4 is 17.3 Å². The van der Waals surface area contributed by atoms with Crippen LogP contribution in [0.3, 0.4) is 0 Å². The lowest BCUT2D eigenvalue weighted by molar-refractivity contribution is 0.0697. The zero-order chi connectivity index (χ0) is 12.8. The number of benzene rings is 1. The number of nitrogens with zero attached hydrogens (tertiary/aromatic N) is 1. The predicted octanol–water partition coefficient (Wildman–Crippen LogP) is 2.66. The third-order valence-corrected chi connectivity index (χ3v) is 2.56. The van der Waals surface area contributed by atoms with Crippen molar-refractivity contribution in [2.24, 2.45) is 0 Å². The second kappa shape index (κ2) is 6.13. The van der Waals surface area contributed by atoms with E-state index >= 15 is 0 Å². The molecular formula is C13H20N2O2. The van der Waals surface area contributed by atoms with Crippen LogP contribution in [0.15, 0.2) is 18.2 Å². The molecule has 0 aliphatic heterocycles. The number of nitrogens with one attached hydrogen (secondary N) is 1. The molecule has 1 rings (SSSR count). The van der Waals surface area contributed by atoms with Crippen LogP contribution in [-0.2, 0) is 0 Å². The highest BCUT2D eigenvalue weighted by Crippen LogP contribution is 2.28. The van der Waals surface area contributed by atoms with E-state index in [-0.39, 0.29) is 0 Å². The monoisotopic (exact) mass is 236 g/mol. The maximum atomic E-state index is 11.2. The molecule has 0 spiro atoms. The van der Waals surface area contributed by atoms with Gasteiger partial charge in [-0.3, -0.25) is 0 Å². The molecule has 94 valence electrons. The van der Waals surface area contributed by atoms with E-state index in [2.05, 4.69) is 12.2 Å². The number of anilines is 2. The normalized spacial score (nSPS) is 10.1. The first-order chi connectivity index (χ1) is 8.07. The first-order valence-electron chi connectivity index (χ1n) is 5.85. The first kappa shape index (κ1) is 13.4. The van der Waals surface area contributed by atoms with Crippen LogP contribution < -0.4 is 10.2 Å². The van der Waals surface area contributed by atoms with E-state index in [1.54, 1.807) is 12.1 Å². The number of unbranched alkanes of at least 4 members (excludes halogenated alkanes) is 1. The predicted molar refractivity (Wildman–Crippen MR) is 71.1 cm³/mol. The van der Waals surface area contributed by atoms with E-state index in [0.29, 0.717) is 5.56 Å². The molecule has 2 N–H and O–H groups in total. The molecule has 4 heteroatoms. The molecule has 0 aliphatic rings. The summed E-state index contributed by atoms with van der Waals surface area (Å²) in [6, 6.07) is 5.31. The van der Waals surface area contributed by atoms with Crippen molar-refractivity contribution in [3.8, 4) is 0 Å². The lowest BCUT2D eigenvalue weighted by atomic mass is 10.1. The molecule has 1 aromatic rings. The molecule has 0 fully saturated rings. The lowest BCUT2D eigenvalue weighted by Gasteiger charge is -2.20. The topological polar surface area (TPSA) is 52.6 Å². The van der Waals surface area contributed by atoms with Gasteiger partial charge in [-0.1, -0.05) is 19.4 Å². The van der Waals surface area contributed by atoms with Crippen LogP contribution in [-0.4, -0.2) is 31.7 Å². The van der Waals surface area contributed by atoms with Gasteiger partial charge in [0.2, 0.25) is 0 Å². The molecule has 4 nitrogen and oxygen atoms in total. The average Bonchev–Trinajstić information content (AvgIpc) is 2.28. The molecule has 0 atom stereocenters. The van der Waals surface area contributed by atoms with Gasteiger partial charge in [-0.05, 0) is 18.6 Å². The number of carboxylic acid groups (broad SMARTS) is 1. The molecule has 17 heavy (non-hydrogen) atoms. The molecule has 0 aliphatic carbocycles. The summed E-state index contributed by atoms with van der Waals surface area (Å²) in [6.45, 7) is 2.99. The summed E-state index contributed by atoms with van der Waals surface area (Å²) in [4.78, 5) is 13.0. The fourth-order valence-corrected chi connectivity index (χ4v) is 1.74. The maximum Gasteiger partial charge on any atom is 0.337 e. The first-order valence-corrected chi connectivity index (χ1v) is 5.85. The minimum Gasteiger partial charge on any atom is -0.478 e. The number of carbonyl (C=O) groups is 1. The molecule has 0 amide bonds. The second-order valence-corrected chi connectivity index (χ2v) is 4.18. The molecule has 0 unspecified atom stereocenters. The van der Waals surface area contributed by atoms with Crippen molar-refractivity contribution in [1.82, 2.24) is 0 Å². The third kappa shape index (κ3) is 3.37. The Bertz CT molecular complexity index is 389. The fraction of sp³-hybridized carbons (Fsp3) is 0.462. The summed E-state index contributed by atoms with van der Waals surface area (Å²) in [5, 5.41) is 12.4. The third-order valence-electron chi connectivity index (χ3n) is 2.56. The van der Waals surface area contributed by atoms with Gasteiger partial charge in [0, 0.05) is 20.6 Å². The number of hydrogen-bond donors (Lipinski definition) is 2. The Morgan fingerprint density at radius 2 is 2.12 bits per heavy atom. The Morgan fingerprint density at radius 1 is 1.41 bits per heavy atom. The molecule has 0 bridgehead atoms. The van der Waals surface area contributed by atoms with Crippen molar-refractivity contribution in [3.05, 3.63) is 23.8 Å². The van der Waals surface area contributed by atoms with Crippen molar-refractivity contribution < 1.29 is 9.90 Å². The van der Waals surface area contributed by atoms with Crippen LogP contribution in [0.4, 0.5) is 11.4 Å². The van der Waals surface area contributed by atoms with Crippen LogP contribution in [0.5, 0.6) is 0 Å². The summed E-state index contributed by atoms with van der Waals surface area (Å²) in [6.07, 6.45) is 2.19. The molecule has 0 aromatic heterocycles. The van der Waals surface area contributed by atoms with E-state index in [4.69, 9.17) is 5.11 Å². The summed E-state index contributed by atoms with van der Waals surface area (Å²) < 4.78 is 0. The van der Waals surface area contributed by atoms with E-state index in [1.807, 2.05) is 25.1 Å². The highest BCUT2D eigenvalue weighted by Gasteiger charge is 2.15. The Labute approximate surface area is 102 Å². The van der Waals surface area contributed by atoms with Gasteiger partial charge in [0.05, 0.1) is 16.9 Å². The molecule has 0 radical (unpaired) electrons. The number of rotatable bonds is 6. The summed E-state index contributed by atoms with van der Waals surface area (Å²) >= 11 is 0. The average molecular weight is 236 g/mol. The van der Waals surface area contributed by atoms with Crippen molar-refractivity contribution in [2.45, 2.75) is 19.8 Å². The van der Waals surface area contributed by atoms with Gasteiger partial charge in [0.25, 0.3) is 0 Å². The Kier molecular flexibility index (Phi) is 4.82. The number of carboxylic acids is 1.